The maximum absolute atomic E-state index is 11.2. The van der Waals surface area contributed by atoms with Crippen LogP contribution < -0.4 is 0 Å². The van der Waals surface area contributed by atoms with Crippen molar-refractivity contribution in [2.45, 2.75) is 25.6 Å². The summed E-state index contributed by atoms with van der Waals surface area (Å²) in [6.45, 7) is 1.82. The summed E-state index contributed by atoms with van der Waals surface area (Å²) in [5, 5.41) is 28.7. The van der Waals surface area contributed by atoms with Crippen LogP contribution in [0.5, 0.6) is 0 Å². The Labute approximate surface area is 124 Å². The van der Waals surface area contributed by atoms with Gasteiger partial charge in [-0.15, -0.1) is 0 Å². The lowest BCUT2D eigenvalue weighted by Gasteiger charge is -2.18. The molecule has 0 radical (unpaired) electrons. The zero-order chi connectivity index (χ0) is 15.3. The van der Waals surface area contributed by atoms with Crippen molar-refractivity contribution < 1.29 is 29.6 Å². The van der Waals surface area contributed by atoms with Gasteiger partial charge >= 0.3 is 11.9 Å². The fourth-order valence-electron chi connectivity index (χ4n) is 1.62. The third-order valence-corrected chi connectivity index (χ3v) is 3.30. The molecule has 7 heteroatoms. The number of hydrogen-bond donors (Lipinski definition) is 3. The molecule has 0 fully saturated rings. The fraction of sp³-hybridized carbons (Fsp3) is 0.385. The Morgan fingerprint density at radius 2 is 2.00 bits per heavy atom. The fourth-order valence-corrected chi connectivity index (χ4v) is 2.03. The normalized spacial score (nSPS) is 13.6. The van der Waals surface area contributed by atoms with Crippen LogP contribution in [0.1, 0.15) is 35.4 Å². The highest BCUT2D eigenvalue weighted by Crippen LogP contribution is 2.25. The number of hydrogen-bond acceptors (Lipinski definition) is 5. The summed E-state index contributed by atoms with van der Waals surface area (Å²) in [4.78, 5) is 22.2. The lowest BCUT2D eigenvalue weighted by molar-refractivity contribution is -0.147. The number of aliphatic hydroxyl groups excluding tert-OH is 2. The highest BCUT2D eigenvalue weighted by Gasteiger charge is 2.23. The molecule has 6 nitrogen and oxygen atoms in total. The predicted molar refractivity (Wildman–Crippen MR) is 73.3 cm³/mol. The molecule has 1 rings (SSSR count). The SMILES string of the molecule is CCOC(=O)CC(O)C(O)c1ccc(Br)c(C(=O)O)c1. The molecule has 0 aliphatic heterocycles. The quantitative estimate of drug-likeness (QED) is 0.674. The van der Waals surface area contributed by atoms with Gasteiger partial charge in [-0.05, 0) is 40.5 Å². The zero-order valence-electron chi connectivity index (χ0n) is 10.7. The molecular weight excluding hydrogens is 332 g/mol. The van der Waals surface area contributed by atoms with E-state index >= 15 is 0 Å². The van der Waals surface area contributed by atoms with Crippen molar-refractivity contribution in [1.82, 2.24) is 0 Å². The number of carboxylic acid groups (broad SMARTS) is 1. The van der Waals surface area contributed by atoms with E-state index < -0.39 is 24.1 Å². The van der Waals surface area contributed by atoms with Crippen LogP contribution in [-0.2, 0) is 9.53 Å². The van der Waals surface area contributed by atoms with Gasteiger partial charge in [0.1, 0.15) is 6.10 Å². The maximum atomic E-state index is 11.2. The topological polar surface area (TPSA) is 104 Å². The second kappa shape index (κ2) is 7.37. The van der Waals surface area contributed by atoms with E-state index in [0.717, 1.165) is 0 Å². The average Bonchev–Trinajstić information content (AvgIpc) is 2.38. The lowest BCUT2D eigenvalue weighted by Crippen LogP contribution is -2.23. The molecule has 2 unspecified atom stereocenters. The van der Waals surface area contributed by atoms with Gasteiger partial charge in [0.15, 0.2) is 0 Å². The Hall–Kier alpha value is -1.44. The van der Waals surface area contributed by atoms with Crippen LogP contribution in [0.3, 0.4) is 0 Å². The van der Waals surface area contributed by atoms with E-state index in [1.807, 2.05) is 0 Å². The van der Waals surface area contributed by atoms with Crippen molar-refractivity contribution in [3.63, 3.8) is 0 Å². The van der Waals surface area contributed by atoms with Crippen LogP contribution in [0, 0.1) is 0 Å². The smallest absolute Gasteiger partial charge is 0.336 e. The lowest BCUT2D eigenvalue weighted by atomic mass is 10.00. The minimum atomic E-state index is -1.37. The molecule has 0 bridgehead atoms. The molecule has 0 heterocycles. The number of aromatic carboxylic acids is 1. The molecule has 20 heavy (non-hydrogen) atoms. The van der Waals surface area contributed by atoms with Gasteiger partial charge in [0.2, 0.25) is 0 Å². The molecule has 3 N–H and O–H groups in total. The predicted octanol–water partition coefficient (Wildman–Crippen LogP) is 1.49. The molecule has 0 amide bonds. The second-order valence-corrected chi connectivity index (χ2v) is 4.92. The number of ether oxygens (including phenoxy) is 1. The Morgan fingerprint density at radius 3 is 2.55 bits per heavy atom. The molecule has 0 aliphatic rings. The van der Waals surface area contributed by atoms with E-state index in [1.165, 1.54) is 18.2 Å². The van der Waals surface area contributed by atoms with E-state index in [1.54, 1.807) is 6.92 Å². The first-order valence-electron chi connectivity index (χ1n) is 5.91. The summed E-state index contributed by atoms with van der Waals surface area (Å²) in [6, 6.07) is 4.17. The second-order valence-electron chi connectivity index (χ2n) is 4.07. The molecule has 0 aliphatic carbocycles. The van der Waals surface area contributed by atoms with Gasteiger partial charge in [0.05, 0.1) is 24.7 Å². The van der Waals surface area contributed by atoms with E-state index in [9.17, 15) is 19.8 Å². The van der Waals surface area contributed by atoms with Crippen LogP contribution in [0.25, 0.3) is 0 Å². The van der Waals surface area contributed by atoms with Crippen molar-refractivity contribution in [2.75, 3.05) is 6.61 Å². The number of benzene rings is 1. The van der Waals surface area contributed by atoms with Crippen molar-refractivity contribution in [3.8, 4) is 0 Å². The Kier molecular flexibility index (Phi) is 6.12. The van der Waals surface area contributed by atoms with Gasteiger partial charge in [0, 0.05) is 4.47 Å². The third kappa shape index (κ3) is 4.29. The van der Waals surface area contributed by atoms with E-state index in [-0.39, 0.29) is 24.2 Å². The monoisotopic (exact) mass is 346 g/mol. The number of esters is 1. The zero-order valence-corrected chi connectivity index (χ0v) is 12.3. The summed E-state index contributed by atoms with van der Waals surface area (Å²) >= 11 is 3.08. The molecule has 1 aromatic carbocycles. The van der Waals surface area contributed by atoms with Crippen molar-refractivity contribution in [3.05, 3.63) is 33.8 Å². The van der Waals surface area contributed by atoms with E-state index in [4.69, 9.17) is 5.11 Å². The Morgan fingerprint density at radius 1 is 1.35 bits per heavy atom. The average molecular weight is 347 g/mol. The highest BCUT2D eigenvalue weighted by molar-refractivity contribution is 9.10. The van der Waals surface area contributed by atoms with Crippen LogP contribution in [0.2, 0.25) is 0 Å². The number of carbonyl (C=O) groups excluding carboxylic acids is 1. The third-order valence-electron chi connectivity index (χ3n) is 2.61. The van der Waals surface area contributed by atoms with Crippen molar-refractivity contribution >= 4 is 27.9 Å². The van der Waals surface area contributed by atoms with E-state index in [0.29, 0.717) is 4.47 Å². The van der Waals surface area contributed by atoms with Crippen LogP contribution in [0.4, 0.5) is 0 Å². The minimum Gasteiger partial charge on any atom is -0.478 e. The number of rotatable bonds is 6. The summed E-state index contributed by atoms with van der Waals surface area (Å²) in [5.74, 6) is -1.79. The van der Waals surface area contributed by atoms with Gasteiger partial charge < -0.3 is 20.1 Å². The first-order chi connectivity index (χ1) is 9.36. The largest absolute Gasteiger partial charge is 0.478 e. The summed E-state index contributed by atoms with van der Waals surface area (Å²) in [7, 11) is 0. The first kappa shape index (κ1) is 16.6. The van der Waals surface area contributed by atoms with Gasteiger partial charge in [-0.1, -0.05) is 6.07 Å². The van der Waals surface area contributed by atoms with Gasteiger partial charge in [-0.25, -0.2) is 4.79 Å². The van der Waals surface area contributed by atoms with Crippen LogP contribution in [-0.4, -0.2) is 40.0 Å². The van der Waals surface area contributed by atoms with Crippen molar-refractivity contribution in [1.29, 1.82) is 0 Å². The summed E-state index contributed by atoms with van der Waals surface area (Å²) in [6.07, 6.45) is -3.10. The standard InChI is InChI=1S/C13H15BrO6/c1-2-20-11(16)6-10(15)12(17)7-3-4-9(14)8(5-7)13(18)19/h3-5,10,12,15,17H,2,6H2,1H3,(H,18,19). The molecule has 0 spiro atoms. The summed E-state index contributed by atoms with van der Waals surface area (Å²) in [5.41, 5.74) is 0.173. The highest BCUT2D eigenvalue weighted by atomic mass is 79.9. The maximum Gasteiger partial charge on any atom is 0.336 e. The molecular formula is C13H15BrO6. The van der Waals surface area contributed by atoms with E-state index in [2.05, 4.69) is 20.7 Å². The van der Waals surface area contributed by atoms with Crippen LogP contribution >= 0.6 is 15.9 Å². The molecule has 0 aromatic heterocycles. The van der Waals surface area contributed by atoms with Gasteiger partial charge in [0.25, 0.3) is 0 Å². The van der Waals surface area contributed by atoms with Gasteiger partial charge in [-0.3, -0.25) is 4.79 Å². The Balaban J connectivity index is 2.86. The molecule has 1 aromatic rings. The number of halogens is 1. The van der Waals surface area contributed by atoms with Gasteiger partial charge in [-0.2, -0.15) is 0 Å². The first-order valence-corrected chi connectivity index (χ1v) is 6.70. The molecule has 110 valence electrons. The minimum absolute atomic E-state index is 0.0371. The number of aliphatic hydroxyl groups is 2. The number of carbonyl (C=O) groups is 2. The number of carboxylic acids is 1. The molecule has 0 saturated carbocycles. The Bertz CT molecular complexity index is 502. The summed E-state index contributed by atoms with van der Waals surface area (Å²) < 4.78 is 5.03. The molecule has 0 saturated heterocycles. The van der Waals surface area contributed by atoms with Crippen molar-refractivity contribution in [2.24, 2.45) is 0 Å². The molecule has 2 atom stereocenters. The van der Waals surface area contributed by atoms with Crippen LogP contribution in [0.15, 0.2) is 22.7 Å².